The summed E-state index contributed by atoms with van der Waals surface area (Å²) in [5.74, 6) is -1.51. The average molecular weight is 397 g/mol. The van der Waals surface area contributed by atoms with E-state index in [4.69, 9.17) is 15.3 Å². The Morgan fingerprint density at radius 3 is 2.45 bits per heavy atom. The number of para-hydroxylation sites is 1. The van der Waals surface area contributed by atoms with Crippen LogP contribution in [0.1, 0.15) is 5.56 Å². The molecule has 3 rings (SSSR count). The third kappa shape index (κ3) is 5.77. The van der Waals surface area contributed by atoms with Crippen molar-refractivity contribution >= 4 is 17.4 Å². The summed E-state index contributed by atoms with van der Waals surface area (Å²) in [5.41, 5.74) is 6.27. The molecule has 6 nitrogen and oxygen atoms in total. The van der Waals surface area contributed by atoms with Crippen molar-refractivity contribution in [3.05, 3.63) is 90.0 Å². The van der Waals surface area contributed by atoms with Crippen molar-refractivity contribution in [3.8, 4) is 11.5 Å². The Kier molecular flexibility index (Phi) is 6.36. The molecule has 0 bridgehead atoms. The lowest BCUT2D eigenvalue weighted by Crippen LogP contribution is -2.19. The topological polar surface area (TPSA) is 85.9 Å². The third-order valence-electron chi connectivity index (χ3n) is 3.67. The fourth-order valence-corrected chi connectivity index (χ4v) is 2.33. The molecule has 0 aliphatic rings. The van der Waals surface area contributed by atoms with E-state index in [1.54, 1.807) is 24.3 Å². The first-order valence-corrected chi connectivity index (χ1v) is 8.55. The highest BCUT2D eigenvalue weighted by atomic mass is 19.2. The minimum atomic E-state index is -1.06. The van der Waals surface area contributed by atoms with Gasteiger partial charge >= 0.3 is 0 Å². The number of nitrogens with zero attached hydrogens (tertiary/aromatic N) is 1. The maximum atomic E-state index is 13.2. The Morgan fingerprint density at radius 1 is 0.931 bits per heavy atom. The highest BCUT2D eigenvalue weighted by Crippen LogP contribution is 2.23. The van der Waals surface area contributed by atoms with Crippen LogP contribution in [0.15, 0.2) is 78.0 Å². The third-order valence-corrected chi connectivity index (χ3v) is 3.67. The van der Waals surface area contributed by atoms with E-state index in [-0.39, 0.29) is 11.4 Å². The van der Waals surface area contributed by atoms with Gasteiger partial charge in [-0.15, -0.1) is 0 Å². The number of benzene rings is 3. The largest absolute Gasteiger partial charge is 0.457 e. The minimum Gasteiger partial charge on any atom is -0.457 e. The highest BCUT2D eigenvalue weighted by molar-refractivity contribution is 5.97. The van der Waals surface area contributed by atoms with Crippen molar-refractivity contribution in [2.24, 2.45) is 10.9 Å². The van der Waals surface area contributed by atoms with Gasteiger partial charge in [-0.1, -0.05) is 29.4 Å². The number of anilines is 1. The summed E-state index contributed by atoms with van der Waals surface area (Å²) < 4.78 is 31.8. The van der Waals surface area contributed by atoms with Gasteiger partial charge in [-0.25, -0.2) is 8.78 Å². The van der Waals surface area contributed by atoms with Gasteiger partial charge in [0.15, 0.2) is 24.1 Å². The second-order valence-electron chi connectivity index (χ2n) is 5.87. The smallest absolute Gasteiger partial charge is 0.265 e. The summed E-state index contributed by atoms with van der Waals surface area (Å²) in [7, 11) is 0. The number of hydrogen-bond donors (Lipinski definition) is 2. The van der Waals surface area contributed by atoms with Crippen LogP contribution in [-0.2, 0) is 9.63 Å². The van der Waals surface area contributed by atoms with Crippen molar-refractivity contribution < 1.29 is 23.1 Å². The molecule has 0 aliphatic heterocycles. The van der Waals surface area contributed by atoms with Crippen molar-refractivity contribution in [2.45, 2.75) is 0 Å². The number of nitrogens with one attached hydrogen (secondary N) is 1. The Morgan fingerprint density at radius 2 is 1.69 bits per heavy atom. The van der Waals surface area contributed by atoms with Gasteiger partial charge in [-0.3, -0.25) is 4.79 Å². The molecule has 0 unspecified atom stereocenters. The van der Waals surface area contributed by atoms with Gasteiger partial charge in [-0.05, 0) is 42.5 Å². The SMILES string of the molecule is N/C(=N/OCC(=O)Nc1cccc(Oc2ccccc2)c1)c1ccc(F)c(F)c1. The predicted octanol–water partition coefficient (Wildman–Crippen LogP) is 4.03. The zero-order chi connectivity index (χ0) is 20.6. The van der Waals surface area contributed by atoms with Crippen LogP contribution < -0.4 is 15.8 Å². The summed E-state index contributed by atoms with van der Waals surface area (Å²) in [6.45, 7) is -0.422. The molecule has 0 atom stereocenters. The molecule has 0 radical (unpaired) electrons. The van der Waals surface area contributed by atoms with Crippen LogP contribution in [0.25, 0.3) is 0 Å². The van der Waals surface area contributed by atoms with Gasteiger partial charge in [0.05, 0.1) is 0 Å². The Labute approximate surface area is 165 Å². The second kappa shape index (κ2) is 9.32. The monoisotopic (exact) mass is 397 g/mol. The van der Waals surface area contributed by atoms with E-state index in [9.17, 15) is 13.6 Å². The molecule has 148 valence electrons. The molecule has 0 fully saturated rings. The van der Waals surface area contributed by atoms with Crippen LogP contribution in [0, 0.1) is 11.6 Å². The summed E-state index contributed by atoms with van der Waals surface area (Å²) in [5, 5.41) is 6.17. The van der Waals surface area contributed by atoms with E-state index in [0.717, 1.165) is 12.1 Å². The predicted molar refractivity (Wildman–Crippen MR) is 105 cm³/mol. The minimum absolute atomic E-state index is 0.134. The number of oxime groups is 1. The quantitative estimate of drug-likeness (QED) is 0.358. The molecule has 0 spiro atoms. The number of carbonyl (C=O) groups is 1. The number of nitrogens with two attached hydrogens (primary N) is 1. The lowest BCUT2D eigenvalue weighted by Gasteiger charge is -2.09. The van der Waals surface area contributed by atoms with Gasteiger partial charge in [-0.2, -0.15) is 0 Å². The molecular formula is C21H17F2N3O3. The van der Waals surface area contributed by atoms with Gasteiger partial charge < -0.3 is 20.6 Å². The number of ether oxygens (including phenoxy) is 1. The normalized spacial score (nSPS) is 11.0. The van der Waals surface area contributed by atoms with Crippen molar-refractivity contribution in [1.82, 2.24) is 0 Å². The molecule has 29 heavy (non-hydrogen) atoms. The average Bonchev–Trinajstić information content (AvgIpc) is 2.71. The zero-order valence-electron chi connectivity index (χ0n) is 15.1. The molecule has 3 aromatic rings. The molecule has 0 saturated heterocycles. The zero-order valence-corrected chi connectivity index (χ0v) is 15.1. The maximum absolute atomic E-state index is 13.2. The molecule has 0 heterocycles. The first-order valence-electron chi connectivity index (χ1n) is 8.55. The van der Waals surface area contributed by atoms with Crippen LogP contribution in [-0.4, -0.2) is 18.3 Å². The van der Waals surface area contributed by atoms with E-state index in [0.29, 0.717) is 17.2 Å². The Bertz CT molecular complexity index is 1030. The van der Waals surface area contributed by atoms with E-state index < -0.39 is 24.1 Å². The molecular weight excluding hydrogens is 380 g/mol. The number of amides is 1. The van der Waals surface area contributed by atoms with E-state index in [1.807, 2.05) is 30.3 Å². The highest BCUT2D eigenvalue weighted by Gasteiger charge is 2.08. The van der Waals surface area contributed by atoms with Crippen molar-refractivity contribution in [2.75, 3.05) is 11.9 Å². The number of carbonyl (C=O) groups excluding carboxylic acids is 1. The lowest BCUT2D eigenvalue weighted by atomic mass is 10.2. The van der Waals surface area contributed by atoms with Crippen LogP contribution in [0.3, 0.4) is 0 Å². The first kappa shape index (κ1) is 19.8. The molecule has 0 saturated carbocycles. The van der Waals surface area contributed by atoms with Crippen LogP contribution in [0.2, 0.25) is 0 Å². The van der Waals surface area contributed by atoms with E-state index in [1.165, 1.54) is 6.07 Å². The van der Waals surface area contributed by atoms with Gasteiger partial charge in [0.25, 0.3) is 5.91 Å². The molecule has 0 aromatic heterocycles. The summed E-state index contributed by atoms with van der Waals surface area (Å²) in [4.78, 5) is 16.9. The Balaban J connectivity index is 1.54. The molecule has 0 aliphatic carbocycles. The summed E-state index contributed by atoms with van der Waals surface area (Å²) >= 11 is 0. The number of halogens is 2. The van der Waals surface area contributed by atoms with Crippen LogP contribution in [0.5, 0.6) is 11.5 Å². The summed E-state index contributed by atoms with van der Waals surface area (Å²) in [6, 6.07) is 19.1. The molecule has 3 N–H and O–H groups in total. The van der Waals surface area contributed by atoms with Gasteiger partial charge in [0.2, 0.25) is 0 Å². The van der Waals surface area contributed by atoms with Crippen molar-refractivity contribution in [1.29, 1.82) is 0 Å². The summed E-state index contributed by atoms with van der Waals surface area (Å²) in [6.07, 6.45) is 0. The maximum Gasteiger partial charge on any atom is 0.265 e. The number of amidine groups is 1. The van der Waals surface area contributed by atoms with Crippen LogP contribution >= 0.6 is 0 Å². The molecule has 3 aromatic carbocycles. The van der Waals surface area contributed by atoms with E-state index >= 15 is 0 Å². The van der Waals surface area contributed by atoms with Crippen molar-refractivity contribution in [3.63, 3.8) is 0 Å². The molecule has 8 heteroatoms. The fraction of sp³-hybridized carbons (Fsp3) is 0.0476. The first-order chi connectivity index (χ1) is 14.0. The standard InChI is InChI=1S/C21H17F2N3O3/c22-18-10-9-14(11-19(18)23)21(24)26-28-13-20(27)25-15-5-4-8-17(12-15)29-16-6-2-1-3-7-16/h1-12H,13H2,(H2,24,26)(H,25,27). The van der Waals surface area contributed by atoms with E-state index in [2.05, 4.69) is 10.5 Å². The molecule has 1 amide bonds. The lowest BCUT2D eigenvalue weighted by molar-refractivity contribution is -0.120. The second-order valence-corrected chi connectivity index (χ2v) is 5.87. The number of hydrogen-bond acceptors (Lipinski definition) is 4. The van der Waals surface area contributed by atoms with Crippen LogP contribution in [0.4, 0.5) is 14.5 Å². The van der Waals surface area contributed by atoms with Gasteiger partial charge in [0.1, 0.15) is 11.5 Å². The number of rotatable bonds is 7. The Hall–Kier alpha value is -3.94. The fourth-order valence-electron chi connectivity index (χ4n) is 2.33. The van der Waals surface area contributed by atoms with Gasteiger partial charge in [0, 0.05) is 17.3 Å².